The Morgan fingerprint density at radius 3 is 2.93 bits per heavy atom. The van der Waals surface area contributed by atoms with Crippen molar-refractivity contribution in [3.05, 3.63) is 58.9 Å². The van der Waals surface area contributed by atoms with E-state index in [0.717, 1.165) is 11.5 Å². The molecule has 0 spiro atoms. The lowest BCUT2D eigenvalue weighted by molar-refractivity contribution is 0.278. The smallest absolute Gasteiger partial charge is 0.164 e. The number of thioether (sulfide) groups is 1. The standard InChI is InChI=1S/C20H16ClF2N5OS/c21-10-3-9-1-2-25-18(16(9)26-7-10)27-11-4-12(15(23)14(22)5-11)17-13-6-20(13,8-29)30-19(24)28-17/h1-5,7,13,17,29H,6,8H2,(H2,24,28)(H,25,27)/t13?,17?,20-/m1/s1. The highest BCUT2D eigenvalue weighted by molar-refractivity contribution is 8.15. The molecule has 0 amide bonds. The van der Waals surface area contributed by atoms with Crippen molar-refractivity contribution in [2.75, 3.05) is 11.9 Å². The maximum Gasteiger partial charge on any atom is 0.164 e. The molecule has 3 aromatic rings. The SMILES string of the molecule is NC1=NC(c2cc(Nc3nccc4cc(Cl)cnc34)cc(F)c2F)C2C[C@]2(CO)S1. The molecule has 154 valence electrons. The van der Waals surface area contributed by atoms with Crippen LogP contribution in [0.25, 0.3) is 10.9 Å². The van der Waals surface area contributed by atoms with Gasteiger partial charge in [0.15, 0.2) is 22.6 Å². The van der Waals surface area contributed by atoms with Crippen molar-refractivity contribution in [3.8, 4) is 0 Å². The van der Waals surface area contributed by atoms with Gasteiger partial charge in [0, 0.05) is 41.0 Å². The number of pyridine rings is 2. The fourth-order valence-electron chi connectivity index (χ4n) is 3.95. The summed E-state index contributed by atoms with van der Waals surface area (Å²) in [5, 5.41) is 14.3. The molecule has 1 aliphatic carbocycles. The number of halogens is 3. The van der Waals surface area contributed by atoms with Crippen LogP contribution in [0.1, 0.15) is 18.0 Å². The van der Waals surface area contributed by atoms with Gasteiger partial charge in [0.1, 0.15) is 5.52 Å². The Morgan fingerprint density at radius 2 is 2.13 bits per heavy atom. The topological polar surface area (TPSA) is 96.4 Å². The van der Waals surface area contributed by atoms with E-state index in [4.69, 9.17) is 17.3 Å². The minimum absolute atomic E-state index is 0.0920. The van der Waals surface area contributed by atoms with Crippen LogP contribution in [-0.2, 0) is 0 Å². The zero-order valence-corrected chi connectivity index (χ0v) is 17.0. The van der Waals surface area contributed by atoms with Gasteiger partial charge in [-0.25, -0.2) is 13.8 Å². The Hall–Kier alpha value is -2.49. The second-order valence-corrected chi connectivity index (χ2v) is 9.29. The Bertz CT molecular complexity index is 1210. The quantitative estimate of drug-likeness (QED) is 0.555. The molecule has 1 fully saturated rings. The molecule has 30 heavy (non-hydrogen) atoms. The van der Waals surface area contributed by atoms with Crippen molar-refractivity contribution >= 4 is 50.9 Å². The lowest BCUT2D eigenvalue weighted by atomic mass is 9.99. The summed E-state index contributed by atoms with van der Waals surface area (Å²) >= 11 is 7.29. The van der Waals surface area contributed by atoms with Crippen LogP contribution < -0.4 is 11.1 Å². The third kappa shape index (κ3) is 3.17. The highest BCUT2D eigenvalue weighted by Gasteiger charge is 2.61. The lowest BCUT2D eigenvalue weighted by Crippen LogP contribution is -2.27. The van der Waals surface area contributed by atoms with Crippen LogP contribution >= 0.6 is 23.4 Å². The average molecular weight is 448 g/mol. The van der Waals surface area contributed by atoms with E-state index >= 15 is 0 Å². The number of aliphatic hydroxyl groups excluding tert-OH is 1. The van der Waals surface area contributed by atoms with Crippen LogP contribution in [0.4, 0.5) is 20.3 Å². The largest absolute Gasteiger partial charge is 0.395 e. The van der Waals surface area contributed by atoms with E-state index < -0.39 is 22.4 Å². The number of aliphatic imine (C=N–C) groups is 1. The van der Waals surface area contributed by atoms with Crippen LogP contribution in [-0.4, -0.2) is 31.6 Å². The number of hydrogen-bond donors (Lipinski definition) is 3. The van der Waals surface area contributed by atoms with Crippen LogP contribution in [0.5, 0.6) is 0 Å². The van der Waals surface area contributed by atoms with Gasteiger partial charge >= 0.3 is 0 Å². The van der Waals surface area contributed by atoms with Gasteiger partial charge in [-0.1, -0.05) is 23.4 Å². The van der Waals surface area contributed by atoms with E-state index in [9.17, 15) is 13.9 Å². The Labute approximate surface area is 179 Å². The van der Waals surface area contributed by atoms with Gasteiger partial charge in [0.25, 0.3) is 0 Å². The van der Waals surface area contributed by atoms with Crippen molar-refractivity contribution in [2.24, 2.45) is 16.6 Å². The van der Waals surface area contributed by atoms with E-state index in [1.807, 2.05) is 0 Å². The predicted octanol–water partition coefficient (Wildman–Crippen LogP) is 4.16. The Balaban J connectivity index is 1.55. The van der Waals surface area contributed by atoms with Gasteiger partial charge in [-0.15, -0.1) is 0 Å². The molecule has 1 aromatic carbocycles. The zero-order valence-electron chi connectivity index (χ0n) is 15.4. The van der Waals surface area contributed by atoms with Crippen molar-refractivity contribution in [3.63, 3.8) is 0 Å². The monoisotopic (exact) mass is 447 g/mol. The molecule has 4 N–H and O–H groups in total. The molecule has 2 unspecified atom stereocenters. The highest BCUT2D eigenvalue weighted by Crippen LogP contribution is 2.63. The third-order valence-corrected chi connectivity index (χ3v) is 7.03. The average Bonchev–Trinajstić information content (AvgIpc) is 3.45. The predicted molar refractivity (Wildman–Crippen MR) is 114 cm³/mol. The van der Waals surface area contributed by atoms with Gasteiger partial charge in [-0.05, 0) is 24.6 Å². The summed E-state index contributed by atoms with van der Waals surface area (Å²) in [6.45, 7) is -0.0920. The lowest BCUT2D eigenvalue weighted by Gasteiger charge is -2.25. The molecule has 6 nitrogen and oxygen atoms in total. The molecule has 2 aromatic heterocycles. The summed E-state index contributed by atoms with van der Waals surface area (Å²) in [5.41, 5.74) is 6.86. The minimum Gasteiger partial charge on any atom is -0.395 e. The molecular weight excluding hydrogens is 432 g/mol. The van der Waals surface area contributed by atoms with Crippen LogP contribution in [0, 0.1) is 17.6 Å². The first kappa shape index (κ1) is 19.5. The summed E-state index contributed by atoms with van der Waals surface area (Å²) in [7, 11) is 0. The number of anilines is 2. The second-order valence-electron chi connectivity index (χ2n) is 7.42. The number of fused-ring (bicyclic) bond motifs is 2. The van der Waals surface area contributed by atoms with E-state index in [2.05, 4.69) is 20.3 Å². The molecule has 10 heteroatoms. The number of aromatic nitrogens is 2. The number of nitrogens with one attached hydrogen (secondary N) is 1. The summed E-state index contributed by atoms with van der Waals surface area (Å²) < 4.78 is 28.7. The van der Waals surface area contributed by atoms with Gasteiger partial charge in [0.05, 0.1) is 22.4 Å². The highest BCUT2D eigenvalue weighted by atomic mass is 35.5. The molecule has 2 aliphatic rings. The normalized spacial score (nSPS) is 25.0. The van der Waals surface area contributed by atoms with Gasteiger partial charge in [-0.3, -0.25) is 9.98 Å². The number of rotatable bonds is 4. The number of aliphatic hydroxyl groups is 1. The number of benzene rings is 1. The van der Waals surface area contributed by atoms with Crippen LogP contribution in [0.2, 0.25) is 5.02 Å². The van der Waals surface area contributed by atoms with Crippen LogP contribution in [0.15, 0.2) is 41.7 Å². The number of hydrogen-bond acceptors (Lipinski definition) is 7. The van der Waals surface area contributed by atoms with Crippen molar-refractivity contribution in [1.82, 2.24) is 9.97 Å². The molecule has 0 bridgehead atoms. The first-order valence-corrected chi connectivity index (χ1v) is 10.4. The molecule has 5 rings (SSSR count). The van der Waals surface area contributed by atoms with E-state index in [-0.39, 0.29) is 23.3 Å². The summed E-state index contributed by atoms with van der Waals surface area (Å²) in [6.07, 6.45) is 3.70. The molecule has 1 aliphatic heterocycles. The first-order chi connectivity index (χ1) is 14.4. The number of amidine groups is 1. The van der Waals surface area contributed by atoms with Crippen molar-refractivity contribution < 1.29 is 13.9 Å². The Kier molecular flexibility index (Phi) is 4.57. The van der Waals surface area contributed by atoms with E-state index in [1.54, 1.807) is 18.3 Å². The fourth-order valence-corrected chi connectivity index (χ4v) is 5.31. The number of nitrogens with two attached hydrogens (primary N) is 1. The molecule has 3 heterocycles. The van der Waals surface area contributed by atoms with Crippen molar-refractivity contribution in [2.45, 2.75) is 17.2 Å². The Morgan fingerprint density at radius 1 is 1.30 bits per heavy atom. The van der Waals surface area contributed by atoms with Crippen molar-refractivity contribution in [1.29, 1.82) is 0 Å². The summed E-state index contributed by atoms with van der Waals surface area (Å²) in [6, 6.07) is 5.41. The summed E-state index contributed by atoms with van der Waals surface area (Å²) in [5.74, 6) is -1.69. The maximum absolute atomic E-state index is 14.7. The van der Waals surface area contributed by atoms with Gasteiger partial charge in [0.2, 0.25) is 0 Å². The maximum atomic E-state index is 14.7. The molecule has 0 radical (unpaired) electrons. The van der Waals surface area contributed by atoms with E-state index in [0.29, 0.717) is 28.5 Å². The molecule has 1 saturated carbocycles. The van der Waals surface area contributed by atoms with Gasteiger partial charge in [-0.2, -0.15) is 0 Å². The van der Waals surface area contributed by atoms with Gasteiger partial charge < -0.3 is 16.2 Å². The zero-order chi connectivity index (χ0) is 21.0. The minimum atomic E-state index is -1.01. The van der Waals surface area contributed by atoms with E-state index in [1.165, 1.54) is 24.0 Å². The third-order valence-electron chi connectivity index (χ3n) is 5.51. The van der Waals surface area contributed by atoms with Crippen LogP contribution in [0.3, 0.4) is 0 Å². The molecule has 0 saturated heterocycles. The molecule has 3 atom stereocenters. The first-order valence-electron chi connectivity index (χ1n) is 9.19. The number of nitrogens with zero attached hydrogens (tertiary/aromatic N) is 3. The summed E-state index contributed by atoms with van der Waals surface area (Å²) in [4.78, 5) is 12.9. The fraction of sp³-hybridized carbons (Fsp3) is 0.250. The second kappa shape index (κ2) is 7.04. The molecular formula is C20H16ClF2N5OS.